The summed E-state index contributed by atoms with van der Waals surface area (Å²) >= 11 is 0. The summed E-state index contributed by atoms with van der Waals surface area (Å²) in [4.78, 5) is 0. The molecule has 0 aromatic heterocycles. The van der Waals surface area contributed by atoms with Crippen molar-refractivity contribution in [2.24, 2.45) is 0 Å². The highest BCUT2D eigenvalue weighted by molar-refractivity contribution is 6.34. The lowest BCUT2D eigenvalue weighted by atomic mass is 10.9. The molecule has 0 rings (SSSR count). The topological polar surface area (TPSA) is 18.5 Å². The molecule has 0 aromatic carbocycles. The van der Waals surface area contributed by atoms with Crippen molar-refractivity contribution in [3.05, 3.63) is 0 Å². The van der Waals surface area contributed by atoms with E-state index in [0.29, 0.717) is 0 Å². The Morgan fingerprint density at radius 3 is 1.78 bits per heavy atom. The summed E-state index contributed by atoms with van der Waals surface area (Å²) in [6, 6.07) is 0. The predicted octanol–water partition coefficient (Wildman–Crippen LogP) is 0.143. The van der Waals surface area contributed by atoms with Gasteiger partial charge in [-0.05, 0) is 13.8 Å². The quantitative estimate of drug-likeness (QED) is 0.394. The number of rotatable bonds is 6. The van der Waals surface area contributed by atoms with E-state index in [4.69, 9.17) is 9.47 Å². The molecule has 0 radical (unpaired) electrons. The SMILES string of the molecule is CCOC[SiH2]COCC. The molecule has 0 aliphatic heterocycles. The second-order valence-electron chi connectivity index (χ2n) is 1.75. The summed E-state index contributed by atoms with van der Waals surface area (Å²) in [5.74, 6) is 0. The summed E-state index contributed by atoms with van der Waals surface area (Å²) in [5.41, 5.74) is 0. The lowest BCUT2D eigenvalue weighted by Crippen LogP contribution is -2.10. The van der Waals surface area contributed by atoms with E-state index in [1.807, 2.05) is 13.8 Å². The molecule has 9 heavy (non-hydrogen) atoms. The molecule has 0 saturated carbocycles. The van der Waals surface area contributed by atoms with Crippen LogP contribution in [-0.4, -0.2) is 35.2 Å². The van der Waals surface area contributed by atoms with Gasteiger partial charge in [-0.15, -0.1) is 0 Å². The van der Waals surface area contributed by atoms with Crippen LogP contribution in [0.2, 0.25) is 0 Å². The molecule has 0 fully saturated rings. The smallest absolute Gasteiger partial charge is 0.0822 e. The van der Waals surface area contributed by atoms with Crippen LogP contribution in [-0.2, 0) is 9.47 Å². The molecule has 0 aliphatic carbocycles. The molecule has 0 aromatic rings. The van der Waals surface area contributed by atoms with Gasteiger partial charge in [-0.1, -0.05) is 0 Å². The highest BCUT2D eigenvalue weighted by atomic mass is 28.2. The van der Waals surface area contributed by atoms with E-state index >= 15 is 0 Å². The summed E-state index contributed by atoms with van der Waals surface area (Å²) in [7, 11) is -0.0551. The number of ether oxygens (including phenoxy) is 2. The molecule has 0 saturated heterocycles. The second kappa shape index (κ2) is 8.14. The van der Waals surface area contributed by atoms with Crippen molar-refractivity contribution in [2.45, 2.75) is 13.8 Å². The Bertz CT molecular complexity index is 44.3. The molecule has 0 bridgehead atoms. The van der Waals surface area contributed by atoms with Gasteiger partial charge in [0.05, 0.1) is 9.52 Å². The first-order valence-electron chi connectivity index (χ1n) is 3.57. The lowest BCUT2D eigenvalue weighted by molar-refractivity contribution is 0.172. The van der Waals surface area contributed by atoms with Crippen molar-refractivity contribution >= 4 is 9.52 Å². The van der Waals surface area contributed by atoms with Gasteiger partial charge in [0.25, 0.3) is 0 Å². The van der Waals surface area contributed by atoms with Gasteiger partial charge in [0.15, 0.2) is 0 Å². The van der Waals surface area contributed by atoms with E-state index in [2.05, 4.69) is 0 Å². The fourth-order valence-corrected chi connectivity index (χ4v) is 1.66. The fraction of sp³-hybridized carbons (Fsp3) is 1.00. The van der Waals surface area contributed by atoms with Crippen molar-refractivity contribution < 1.29 is 9.47 Å². The molecule has 0 N–H and O–H groups in total. The summed E-state index contributed by atoms with van der Waals surface area (Å²) < 4.78 is 10.3. The van der Waals surface area contributed by atoms with Gasteiger partial charge in [-0.3, -0.25) is 0 Å². The van der Waals surface area contributed by atoms with Crippen LogP contribution in [0.3, 0.4) is 0 Å². The highest BCUT2D eigenvalue weighted by Crippen LogP contribution is 1.73. The molecule has 0 aliphatic rings. The molecule has 3 heteroatoms. The molecule has 0 atom stereocenters. The van der Waals surface area contributed by atoms with Gasteiger partial charge in [0.2, 0.25) is 0 Å². The average Bonchev–Trinajstić information content (AvgIpc) is 1.89. The molecule has 0 amide bonds. The van der Waals surface area contributed by atoms with E-state index in [1.54, 1.807) is 0 Å². The van der Waals surface area contributed by atoms with Crippen LogP contribution in [0.4, 0.5) is 0 Å². The predicted molar refractivity (Wildman–Crippen MR) is 41.5 cm³/mol. The van der Waals surface area contributed by atoms with Gasteiger partial charge in [-0.2, -0.15) is 0 Å². The summed E-state index contributed by atoms with van der Waals surface area (Å²) in [6.45, 7) is 5.74. The van der Waals surface area contributed by atoms with E-state index in [-0.39, 0.29) is 9.52 Å². The largest absolute Gasteiger partial charge is 0.386 e. The van der Waals surface area contributed by atoms with Crippen molar-refractivity contribution in [3.8, 4) is 0 Å². The Morgan fingerprint density at radius 1 is 1.00 bits per heavy atom. The third kappa shape index (κ3) is 8.14. The first kappa shape index (κ1) is 9.14. The van der Waals surface area contributed by atoms with Crippen LogP contribution in [0.25, 0.3) is 0 Å². The Labute approximate surface area is 59.4 Å². The second-order valence-corrected chi connectivity index (χ2v) is 3.27. The van der Waals surface area contributed by atoms with Crippen LogP contribution in [0, 0.1) is 0 Å². The maximum Gasteiger partial charge on any atom is 0.0822 e. The van der Waals surface area contributed by atoms with Crippen molar-refractivity contribution in [1.82, 2.24) is 0 Å². The molecular weight excluding hydrogens is 132 g/mol. The minimum atomic E-state index is -0.0551. The van der Waals surface area contributed by atoms with Crippen molar-refractivity contribution in [3.63, 3.8) is 0 Å². The minimum absolute atomic E-state index is 0.0551. The maximum absolute atomic E-state index is 5.16. The van der Waals surface area contributed by atoms with E-state index in [1.165, 1.54) is 0 Å². The first-order chi connectivity index (χ1) is 4.41. The molecule has 0 heterocycles. The minimum Gasteiger partial charge on any atom is -0.386 e. The first-order valence-corrected chi connectivity index (χ1v) is 5.57. The monoisotopic (exact) mass is 148 g/mol. The normalized spacial score (nSPS) is 10.0. The van der Waals surface area contributed by atoms with Gasteiger partial charge in [0, 0.05) is 25.7 Å². The maximum atomic E-state index is 5.16. The third-order valence-electron chi connectivity index (χ3n) is 0.986. The Hall–Kier alpha value is 0.137. The number of hydrogen-bond donors (Lipinski definition) is 0. The van der Waals surface area contributed by atoms with Crippen LogP contribution in [0.1, 0.15) is 13.8 Å². The highest BCUT2D eigenvalue weighted by Gasteiger charge is 1.86. The molecule has 0 unspecified atom stereocenters. The van der Waals surface area contributed by atoms with Crippen LogP contribution >= 0.6 is 0 Å². The van der Waals surface area contributed by atoms with Gasteiger partial charge >= 0.3 is 0 Å². The van der Waals surface area contributed by atoms with Gasteiger partial charge in [0.1, 0.15) is 0 Å². The average molecular weight is 148 g/mol. The molecule has 2 nitrogen and oxygen atoms in total. The van der Waals surface area contributed by atoms with E-state index in [0.717, 1.165) is 25.7 Å². The Balaban J connectivity index is 2.60. The summed E-state index contributed by atoms with van der Waals surface area (Å²) in [5, 5.41) is 0. The summed E-state index contributed by atoms with van der Waals surface area (Å²) in [6.07, 6.45) is 1.94. The van der Waals surface area contributed by atoms with E-state index < -0.39 is 0 Å². The van der Waals surface area contributed by atoms with E-state index in [9.17, 15) is 0 Å². The van der Waals surface area contributed by atoms with Crippen molar-refractivity contribution in [2.75, 3.05) is 25.7 Å². The van der Waals surface area contributed by atoms with Gasteiger partial charge < -0.3 is 9.47 Å². The Morgan fingerprint density at radius 2 is 1.44 bits per heavy atom. The van der Waals surface area contributed by atoms with Gasteiger partial charge in [-0.25, -0.2) is 0 Å². The molecule has 0 spiro atoms. The van der Waals surface area contributed by atoms with Crippen LogP contribution in [0.15, 0.2) is 0 Å². The zero-order valence-electron chi connectivity index (χ0n) is 6.35. The van der Waals surface area contributed by atoms with Crippen LogP contribution < -0.4 is 0 Å². The third-order valence-corrected chi connectivity index (χ3v) is 2.14. The zero-order valence-corrected chi connectivity index (χ0v) is 7.77. The molecule has 56 valence electrons. The number of hydrogen-bond acceptors (Lipinski definition) is 2. The van der Waals surface area contributed by atoms with Crippen LogP contribution in [0.5, 0.6) is 0 Å². The van der Waals surface area contributed by atoms with Crippen molar-refractivity contribution in [1.29, 1.82) is 0 Å². The molecular formula is C6H16O2Si. The lowest BCUT2D eigenvalue weighted by Gasteiger charge is -1.99. The zero-order chi connectivity index (χ0) is 6.95. The fourth-order valence-electron chi connectivity index (χ4n) is 0.552. The Kier molecular flexibility index (Phi) is 8.26. The standard InChI is InChI=1S/C6H16O2Si/c1-3-7-5-9-6-8-4-2/h3-6,9H2,1-2H3.